The van der Waals surface area contributed by atoms with Gasteiger partial charge in [0, 0.05) is 32.1 Å². The van der Waals surface area contributed by atoms with Gasteiger partial charge in [-0.05, 0) is 30.9 Å². The second-order valence-corrected chi connectivity index (χ2v) is 9.25. The van der Waals surface area contributed by atoms with E-state index in [9.17, 15) is 8.42 Å². The molecule has 0 amide bonds. The molecule has 1 aromatic rings. The van der Waals surface area contributed by atoms with E-state index in [2.05, 4.69) is 21.8 Å². The topological polar surface area (TPSA) is 81.6 Å². The third-order valence-corrected chi connectivity index (χ3v) is 7.36. The first-order valence-electron chi connectivity index (χ1n) is 8.54. The van der Waals surface area contributed by atoms with Crippen molar-refractivity contribution in [2.75, 3.05) is 44.1 Å². The molecule has 25 heavy (non-hydrogen) atoms. The van der Waals surface area contributed by atoms with Gasteiger partial charge in [-0.25, -0.2) is 18.4 Å². The average molecular weight is 390 g/mol. The van der Waals surface area contributed by atoms with Crippen molar-refractivity contribution in [1.82, 2.24) is 9.97 Å². The second-order valence-electron chi connectivity index (χ2n) is 6.59. The minimum atomic E-state index is -3.40. The van der Waals surface area contributed by atoms with Crippen LogP contribution in [0.1, 0.15) is 31.9 Å². The molecule has 2 saturated heterocycles. The van der Waals surface area contributed by atoms with Gasteiger partial charge in [0.15, 0.2) is 9.84 Å². The van der Waals surface area contributed by atoms with Crippen LogP contribution in [0.2, 0.25) is 5.28 Å². The minimum absolute atomic E-state index is 0.0726. The van der Waals surface area contributed by atoms with Gasteiger partial charge < -0.3 is 14.4 Å². The smallest absolute Gasteiger partial charge is 0.224 e. The lowest BCUT2D eigenvalue weighted by atomic mass is 9.94. The maximum absolute atomic E-state index is 12.6. The zero-order valence-corrected chi connectivity index (χ0v) is 16.1. The molecular formula is C16H24ClN3O4S. The van der Waals surface area contributed by atoms with Crippen molar-refractivity contribution in [1.29, 1.82) is 0 Å². The Morgan fingerprint density at radius 2 is 2.00 bits per heavy atom. The number of aromatic nitrogens is 2. The van der Waals surface area contributed by atoms with E-state index in [4.69, 9.17) is 21.1 Å². The Kier molecular flexibility index (Phi) is 5.53. The van der Waals surface area contributed by atoms with Gasteiger partial charge in [0.25, 0.3) is 0 Å². The lowest BCUT2D eigenvalue weighted by molar-refractivity contribution is 0.0731. The van der Waals surface area contributed by atoms with Gasteiger partial charge in [-0.1, -0.05) is 6.92 Å². The highest BCUT2D eigenvalue weighted by Gasteiger charge is 2.46. The summed E-state index contributed by atoms with van der Waals surface area (Å²) in [6.45, 7) is 4.79. The van der Waals surface area contributed by atoms with Crippen LogP contribution in [-0.4, -0.2) is 63.7 Å². The van der Waals surface area contributed by atoms with Gasteiger partial charge >= 0.3 is 0 Å². The Hall–Kier alpha value is -0.960. The van der Waals surface area contributed by atoms with E-state index in [1.54, 1.807) is 6.07 Å². The number of ether oxygens (including phenoxy) is 2. The van der Waals surface area contributed by atoms with Crippen molar-refractivity contribution in [3.05, 3.63) is 17.0 Å². The number of morpholine rings is 1. The summed E-state index contributed by atoms with van der Waals surface area (Å²) in [4.78, 5) is 10.8. The Morgan fingerprint density at radius 3 is 2.64 bits per heavy atom. The van der Waals surface area contributed by atoms with Crippen LogP contribution in [0.5, 0.6) is 0 Å². The zero-order valence-electron chi connectivity index (χ0n) is 14.6. The largest absolute Gasteiger partial charge is 0.381 e. The molecule has 2 aliphatic rings. The Bertz CT molecular complexity index is 722. The average Bonchev–Trinajstić information content (AvgIpc) is 2.61. The summed E-state index contributed by atoms with van der Waals surface area (Å²) in [7, 11) is -3.40. The van der Waals surface area contributed by atoms with Crippen molar-refractivity contribution in [2.24, 2.45) is 0 Å². The number of hydrogen-bond acceptors (Lipinski definition) is 7. The van der Waals surface area contributed by atoms with E-state index in [1.165, 1.54) is 6.26 Å². The summed E-state index contributed by atoms with van der Waals surface area (Å²) in [5, 5.41) is 0.0726. The van der Waals surface area contributed by atoms with E-state index in [0.29, 0.717) is 57.3 Å². The monoisotopic (exact) mass is 389 g/mol. The molecule has 0 radical (unpaired) electrons. The first-order chi connectivity index (χ1) is 11.9. The molecule has 2 fully saturated rings. The summed E-state index contributed by atoms with van der Waals surface area (Å²) < 4.78 is 35.1. The summed E-state index contributed by atoms with van der Waals surface area (Å²) in [5.41, 5.74) is 0.467. The molecule has 2 aliphatic heterocycles. The number of hydrogen-bond donors (Lipinski definition) is 0. The maximum atomic E-state index is 12.6. The molecule has 0 N–H and O–H groups in total. The normalized spacial score (nSPS) is 24.3. The molecule has 0 saturated carbocycles. The van der Waals surface area contributed by atoms with Crippen LogP contribution >= 0.6 is 11.6 Å². The molecule has 0 aliphatic carbocycles. The molecule has 1 aromatic heterocycles. The standard InChI is InChI=1S/C16H24ClN3O4S/c1-3-12-11-24-9-6-20(12)14-10-13(18-15(17)19-14)16(25(2,21)22)4-7-23-8-5-16/h10,12H,3-9,11H2,1-2H3/t12-/m0/s1. The van der Waals surface area contributed by atoms with Gasteiger partial charge in [-0.3, -0.25) is 0 Å². The van der Waals surface area contributed by atoms with Gasteiger partial charge in [0.05, 0.1) is 24.9 Å². The molecule has 140 valence electrons. The summed E-state index contributed by atoms with van der Waals surface area (Å²) in [6, 6.07) is 1.98. The van der Waals surface area contributed by atoms with Crippen molar-refractivity contribution in [2.45, 2.75) is 37.0 Å². The predicted octanol–water partition coefficient (Wildman–Crippen LogP) is 1.80. The Balaban J connectivity index is 2.06. The highest BCUT2D eigenvalue weighted by Crippen LogP contribution is 2.40. The van der Waals surface area contributed by atoms with Crippen molar-refractivity contribution in [3.8, 4) is 0 Å². The number of sulfone groups is 1. The van der Waals surface area contributed by atoms with Gasteiger partial charge in [-0.2, -0.15) is 0 Å². The molecule has 3 rings (SSSR count). The van der Waals surface area contributed by atoms with Crippen molar-refractivity contribution in [3.63, 3.8) is 0 Å². The first-order valence-corrected chi connectivity index (χ1v) is 10.8. The minimum Gasteiger partial charge on any atom is -0.381 e. The molecule has 0 bridgehead atoms. The fraction of sp³-hybridized carbons (Fsp3) is 0.750. The van der Waals surface area contributed by atoms with Crippen molar-refractivity contribution < 1.29 is 17.9 Å². The van der Waals surface area contributed by atoms with Gasteiger partial charge in [-0.15, -0.1) is 0 Å². The molecule has 7 nitrogen and oxygen atoms in total. The highest BCUT2D eigenvalue weighted by atomic mass is 35.5. The highest BCUT2D eigenvalue weighted by molar-refractivity contribution is 7.91. The molecule has 3 heterocycles. The lowest BCUT2D eigenvalue weighted by Gasteiger charge is -2.38. The van der Waals surface area contributed by atoms with E-state index in [-0.39, 0.29) is 11.3 Å². The van der Waals surface area contributed by atoms with Crippen molar-refractivity contribution >= 4 is 27.3 Å². The SMILES string of the molecule is CC[C@H]1COCCN1c1cc(C2(S(C)(=O)=O)CCOCC2)nc(Cl)n1. The number of nitrogens with zero attached hydrogens (tertiary/aromatic N) is 3. The predicted molar refractivity (Wildman–Crippen MR) is 95.9 cm³/mol. The van der Waals surface area contributed by atoms with Crippen LogP contribution in [0.4, 0.5) is 5.82 Å². The Labute approximate surface area is 153 Å². The van der Waals surface area contributed by atoms with Gasteiger partial charge in [0.2, 0.25) is 5.28 Å². The fourth-order valence-electron chi connectivity index (χ4n) is 3.60. The third kappa shape index (κ3) is 3.63. The number of rotatable bonds is 4. The third-order valence-electron chi connectivity index (χ3n) is 5.16. The second kappa shape index (κ2) is 7.34. The molecule has 1 atom stereocenters. The van der Waals surface area contributed by atoms with E-state index in [0.717, 1.165) is 6.42 Å². The molecule has 0 spiro atoms. The fourth-order valence-corrected chi connectivity index (χ4v) is 5.17. The zero-order chi connectivity index (χ0) is 18.1. The van der Waals surface area contributed by atoms with E-state index in [1.807, 2.05) is 0 Å². The van der Waals surface area contributed by atoms with Gasteiger partial charge in [0.1, 0.15) is 10.6 Å². The first kappa shape index (κ1) is 18.8. The van der Waals surface area contributed by atoms with Crippen LogP contribution < -0.4 is 4.90 Å². The van der Waals surface area contributed by atoms with Crippen LogP contribution in [0.3, 0.4) is 0 Å². The number of anilines is 1. The van der Waals surface area contributed by atoms with Crippen LogP contribution in [0.15, 0.2) is 6.07 Å². The molecule has 9 heteroatoms. The number of halogens is 1. The molecular weight excluding hydrogens is 366 g/mol. The van der Waals surface area contributed by atoms with Crippen LogP contribution in [0, 0.1) is 0 Å². The summed E-state index contributed by atoms with van der Waals surface area (Å²) in [5.74, 6) is 0.666. The molecule has 0 aromatic carbocycles. The van der Waals surface area contributed by atoms with E-state index < -0.39 is 14.6 Å². The van der Waals surface area contributed by atoms with E-state index >= 15 is 0 Å². The lowest BCUT2D eigenvalue weighted by Crippen LogP contribution is -2.46. The summed E-state index contributed by atoms with van der Waals surface area (Å²) >= 11 is 6.19. The summed E-state index contributed by atoms with van der Waals surface area (Å²) in [6.07, 6.45) is 2.91. The Morgan fingerprint density at radius 1 is 1.28 bits per heavy atom. The molecule has 0 unspecified atom stereocenters. The maximum Gasteiger partial charge on any atom is 0.224 e. The van der Waals surface area contributed by atoms with Crippen LogP contribution in [-0.2, 0) is 24.1 Å². The quantitative estimate of drug-likeness (QED) is 0.726. The van der Waals surface area contributed by atoms with Crippen LogP contribution in [0.25, 0.3) is 0 Å².